The van der Waals surface area contributed by atoms with Gasteiger partial charge in [0.05, 0.1) is 6.33 Å². The first kappa shape index (κ1) is 13.7. The molecule has 4 nitrogen and oxygen atoms in total. The summed E-state index contributed by atoms with van der Waals surface area (Å²) in [7, 11) is 0. The molecule has 0 fully saturated rings. The molecule has 1 heterocycles. The molecule has 0 spiro atoms. The Kier molecular flexibility index (Phi) is 5.73. The monoisotopic (exact) mass is 237 g/mol. The number of unbranched alkanes of at least 4 members (excludes halogenated alkanes) is 3. The molecule has 0 aliphatic carbocycles. The molecule has 3 N–H and O–H groups in total. The Morgan fingerprint density at radius 1 is 1.35 bits per heavy atom. The van der Waals surface area contributed by atoms with Crippen molar-refractivity contribution in [1.29, 1.82) is 0 Å². The van der Waals surface area contributed by atoms with Crippen molar-refractivity contribution in [3.05, 3.63) is 12.0 Å². The number of nitrogens with one attached hydrogen (secondary N) is 1. The van der Waals surface area contributed by atoms with E-state index in [0.717, 1.165) is 18.8 Å². The fraction of sp³-hybridized carbons (Fsp3) is 0.692. The van der Waals surface area contributed by atoms with Gasteiger partial charge >= 0.3 is 0 Å². The summed E-state index contributed by atoms with van der Waals surface area (Å²) in [6.45, 7) is 4.48. The highest BCUT2D eigenvalue weighted by Gasteiger charge is 2.10. The Bertz CT molecular complexity index is 344. The van der Waals surface area contributed by atoms with E-state index in [4.69, 9.17) is 5.73 Å². The number of imidazole rings is 1. The van der Waals surface area contributed by atoms with E-state index >= 15 is 0 Å². The molecule has 0 saturated heterocycles. The van der Waals surface area contributed by atoms with Crippen LogP contribution in [0.1, 0.15) is 62.9 Å². The molecule has 17 heavy (non-hydrogen) atoms. The first-order valence-electron chi connectivity index (χ1n) is 6.43. The van der Waals surface area contributed by atoms with Crippen LogP contribution in [0.15, 0.2) is 6.33 Å². The molecule has 0 aromatic carbocycles. The van der Waals surface area contributed by atoms with Gasteiger partial charge in [-0.1, -0.05) is 39.5 Å². The molecular weight excluding hydrogens is 214 g/mol. The van der Waals surface area contributed by atoms with Gasteiger partial charge in [-0.15, -0.1) is 0 Å². The van der Waals surface area contributed by atoms with E-state index in [2.05, 4.69) is 23.8 Å². The van der Waals surface area contributed by atoms with Gasteiger partial charge in [-0.05, 0) is 12.3 Å². The zero-order chi connectivity index (χ0) is 12.7. The van der Waals surface area contributed by atoms with Gasteiger partial charge in [0.15, 0.2) is 11.6 Å². The van der Waals surface area contributed by atoms with Crippen molar-refractivity contribution in [3.63, 3.8) is 0 Å². The lowest BCUT2D eigenvalue weighted by molar-refractivity contribution is 0.0975. The van der Waals surface area contributed by atoms with E-state index in [9.17, 15) is 4.79 Å². The number of nitrogens with zero attached hydrogens (tertiary/aromatic N) is 1. The smallest absolute Gasteiger partial charge is 0.182 e. The third kappa shape index (κ3) is 5.02. The lowest BCUT2D eigenvalue weighted by Crippen LogP contribution is -2.03. The van der Waals surface area contributed by atoms with E-state index in [1.54, 1.807) is 0 Å². The number of ketones is 1. The van der Waals surface area contributed by atoms with Gasteiger partial charge in [-0.25, -0.2) is 4.98 Å². The molecule has 0 amide bonds. The topological polar surface area (TPSA) is 71.8 Å². The van der Waals surface area contributed by atoms with Crippen LogP contribution in [0, 0.1) is 5.92 Å². The number of hydrogen-bond acceptors (Lipinski definition) is 3. The van der Waals surface area contributed by atoms with Crippen LogP contribution in [0.5, 0.6) is 0 Å². The summed E-state index contributed by atoms with van der Waals surface area (Å²) >= 11 is 0. The first-order chi connectivity index (χ1) is 8.11. The van der Waals surface area contributed by atoms with Crippen LogP contribution < -0.4 is 5.73 Å². The SMILES string of the molecule is CC(C)CCCCCCC(=O)c1[nH]cnc1N. The summed E-state index contributed by atoms with van der Waals surface area (Å²) in [6.07, 6.45) is 7.84. The molecule has 0 aliphatic heterocycles. The third-order valence-electron chi connectivity index (χ3n) is 2.88. The van der Waals surface area contributed by atoms with Crippen molar-refractivity contribution in [2.24, 2.45) is 5.92 Å². The average Bonchev–Trinajstić information content (AvgIpc) is 2.69. The maximum Gasteiger partial charge on any atom is 0.182 e. The standard InChI is InChI=1S/C13H23N3O/c1-10(2)7-5-3-4-6-8-11(17)12-13(14)16-9-15-12/h9-10H,3-8,14H2,1-2H3,(H,15,16). The summed E-state index contributed by atoms with van der Waals surface area (Å²) < 4.78 is 0. The van der Waals surface area contributed by atoms with Crippen LogP contribution in [0.3, 0.4) is 0 Å². The highest BCUT2D eigenvalue weighted by Crippen LogP contribution is 2.13. The summed E-state index contributed by atoms with van der Waals surface area (Å²) in [5.41, 5.74) is 6.03. The minimum atomic E-state index is 0.0730. The molecule has 0 atom stereocenters. The fourth-order valence-electron chi connectivity index (χ4n) is 1.84. The van der Waals surface area contributed by atoms with Crippen molar-refractivity contribution in [1.82, 2.24) is 9.97 Å². The number of carbonyl (C=O) groups is 1. The molecule has 1 rings (SSSR count). The number of hydrogen-bond donors (Lipinski definition) is 2. The molecule has 0 radical (unpaired) electrons. The van der Waals surface area contributed by atoms with Crippen LogP contribution in [-0.4, -0.2) is 15.8 Å². The Labute approximate surface area is 103 Å². The van der Waals surface area contributed by atoms with E-state index in [-0.39, 0.29) is 5.78 Å². The minimum absolute atomic E-state index is 0.0730. The number of carbonyl (C=O) groups excluding carboxylic acids is 1. The molecule has 0 unspecified atom stereocenters. The Balaban J connectivity index is 2.11. The highest BCUT2D eigenvalue weighted by molar-refractivity contribution is 5.98. The highest BCUT2D eigenvalue weighted by atomic mass is 16.1. The number of aromatic amines is 1. The van der Waals surface area contributed by atoms with Crippen molar-refractivity contribution in [2.45, 2.75) is 52.4 Å². The predicted octanol–water partition coefficient (Wildman–Crippen LogP) is 3.17. The predicted molar refractivity (Wildman–Crippen MR) is 69.9 cm³/mol. The van der Waals surface area contributed by atoms with Gasteiger partial charge in [0.25, 0.3) is 0 Å². The van der Waals surface area contributed by atoms with Crippen LogP contribution in [0.4, 0.5) is 5.82 Å². The van der Waals surface area contributed by atoms with Gasteiger partial charge in [0, 0.05) is 6.42 Å². The van der Waals surface area contributed by atoms with Crippen molar-refractivity contribution in [2.75, 3.05) is 5.73 Å². The van der Waals surface area contributed by atoms with Crippen molar-refractivity contribution < 1.29 is 4.79 Å². The lowest BCUT2D eigenvalue weighted by Gasteiger charge is -2.04. The molecule has 1 aromatic rings. The Hall–Kier alpha value is -1.32. The van der Waals surface area contributed by atoms with Gasteiger partial charge in [0.1, 0.15) is 5.69 Å². The second-order valence-corrected chi connectivity index (χ2v) is 4.93. The quantitative estimate of drug-likeness (QED) is 0.539. The van der Waals surface area contributed by atoms with Crippen LogP contribution in [0.2, 0.25) is 0 Å². The number of nitrogen functional groups attached to an aromatic ring is 1. The maximum absolute atomic E-state index is 11.7. The Morgan fingerprint density at radius 3 is 2.65 bits per heavy atom. The maximum atomic E-state index is 11.7. The number of Topliss-reactive ketones (excluding diaryl/α,β-unsaturated/α-hetero) is 1. The van der Waals surface area contributed by atoms with Gasteiger partial charge < -0.3 is 10.7 Å². The molecular formula is C13H23N3O. The average molecular weight is 237 g/mol. The van der Waals surface area contributed by atoms with Gasteiger partial charge in [-0.2, -0.15) is 0 Å². The lowest BCUT2D eigenvalue weighted by atomic mass is 10.0. The fourth-order valence-corrected chi connectivity index (χ4v) is 1.84. The van der Waals surface area contributed by atoms with Crippen LogP contribution >= 0.6 is 0 Å². The first-order valence-corrected chi connectivity index (χ1v) is 6.43. The normalized spacial score (nSPS) is 11.0. The third-order valence-corrected chi connectivity index (χ3v) is 2.88. The molecule has 0 bridgehead atoms. The zero-order valence-corrected chi connectivity index (χ0v) is 10.8. The van der Waals surface area contributed by atoms with E-state index in [1.165, 1.54) is 25.6 Å². The molecule has 0 aliphatic rings. The number of rotatable bonds is 8. The number of aromatic nitrogens is 2. The van der Waals surface area contributed by atoms with Gasteiger partial charge in [-0.3, -0.25) is 4.79 Å². The van der Waals surface area contributed by atoms with E-state index < -0.39 is 0 Å². The number of nitrogens with two attached hydrogens (primary N) is 1. The van der Waals surface area contributed by atoms with Crippen LogP contribution in [-0.2, 0) is 0 Å². The van der Waals surface area contributed by atoms with Gasteiger partial charge in [0.2, 0.25) is 0 Å². The van der Waals surface area contributed by atoms with E-state index in [0.29, 0.717) is 17.9 Å². The number of anilines is 1. The summed E-state index contributed by atoms with van der Waals surface area (Å²) in [4.78, 5) is 18.3. The largest absolute Gasteiger partial charge is 0.382 e. The van der Waals surface area contributed by atoms with E-state index in [1.807, 2.05) is 0 Å². The summed E-state index contributed by atoms with van der Waals surface area (Å²) in [6, 6.07) is 0. The summed E-state index contributed by atoms with van der Waals surface area (Å²) in [5.74, 6) is 1.17. The molecule has 1 aromatic heterocycles. The Morgan fingerprint density at radius 2 is 2.06 bits per heavy atom. The molecule has 96 valence electrons. The zero-order valence-electron chi connectivity index (χ0n) is 10.8. The second-order valence-electron chi connectivity index (χ2n) is 4.93. The molecule has 4 heteroatoms. The van der Waals surface area contributed by atoms with Crippen molar-refractivity contribution in [3.8, 4) is 0 Å². The van der Waals surface area contributed by atoms with Crippen LogP contribution in [0.25, 0.3) is 0 Å². The van der Waals surface area contributed by atoms with Crippen molar-refractivity contribution >= 4 is 11.6 Å². The second kappa shape index (κ2) is 7.09. The molecule has 0 saturated carbocycles. The summed E-state index contributed by atoms with van der Waals surface area (Å²) in [5, 5.41) is 0. The number of H-pyrrole nitrogens is 1. The minimum Gasteiger partial charge on any atom is -0.382 e.